The standard InChI is InChI=1S/C15H17N3O2/c19-15(13-4-2-1-3-5-13)18-10-8-17(9-11-18)12-14-6-7-16-20-14/h1-7H,8-12H2. The molecule has 0 saturated carbocycles. The van der Waals surface area contributed by atoms with Crippen molar-refractivity contribution in [2.45, 2.75) is 6.54 Å². The van der Waals surface area contributed by atoms with Crippen molar-refractivity contribution >= 4 is 5.91 Å². The molecule has 0 unspecified atom stereocenters. The fraction of sp³-hybridized carbons (Fsp3) is 0.333. The van der Waals surface area contributed by atoms with Crippen LogP contribution < -0.4 is 0 Å². The lowest BCUT2D eigenvalue weighted by molar-refractivity contribution is 0.0617. The number of nitrogens with zero attached hydrogens (tertiary/aromatic N) is 3. The summed E-state index contributed by atoms with van der Waals surface area (Å²) >= 11 is 0. The van der Waals surface area contributed by atoms with Crippen molar-refractivity contribution < 1.29 is 9.32 Å². The van der Waals surface area contributed by atoms with E-state index in [-0.39, 0.29) is 5.91 Å². The highest BCUT2D eigenvalue weighted by Gasteiger charge is 2.22. The fourth-order valence-electron chi connectivity index (χ4n) is 2.42. The van der Waals surface area contributed by atoms with Crippen molar-refractivity contribution in [1.82, 2.24) is 15.0 Å². The molecule has 0 atom stereocenters. The third-order valence-electron chi connectivity index (χ3n) is 3.55. The van der Waals surface area contributed by atoms with Crippen LogP contribution in [0.3, 0.4) is 0 Å². The quantitative estimate of drug-likeness (QED) is 0.851. The van der Waals surface area contributed by atoms with Crippen molar-refractivity contribution in [3.63, 3.8) is 0 Å². The first-order valence-electron chi connectivity index (χ1n) is 6.79. The molecule has 20 heavy (non-hydrogen) atoms. The topological polar surface area (TPSA) is 49.6 Å². The van der Waals surface area contributed by atoms with Crippen molar-refractivity contribution in [3.05, 3.63) is 53.9 Å². The maximum absolute atomic E-state index is 12.3. The monoisotopic (exact) mass is 271 g/mol. The SMILES string of the molecule is O=C(c1ccccc1)N1CCN(Cc2ccno2)CC1. The summed E-state index contributed by atoms with van der Waals surface area (Å²) in [7, 11) is 0. The number of carbonyl (C=O) groups excluding carboxylic acids is 1. The Morgan fingerprint density at radius 1 is 1.10 bits per heavy atom. The van der Waals surface area contributed by atoms with Gasteiger partial charge in [-0.15, -0.1) is 0 Å². The van der Waals surface area contributed by atoms with Crippen molar-refractivity contribution in [3.8, 4) is 0 Å². The minimum absolute atomic E-state index is 0.116. The molecule has 2 aromatic rings. The Bertz CT molecular complexity index is 546. The van der Waals surface area contributed by atoms with Gasteiger partial charge in [-0.1, -0.05) is 23.4 Å². The predicted octanol–water partition coefficient (Wildman–Crippen LogP) is 1.63. The number of aromatic nitrogens is 1. The molecule has 0 radical (unpaired) electrons. The minimum Gasteiger partial charge on any atom is -0.360 e. The molecule has 104 valence electrons. The minimum atomic E-state index is 0.116. The van der Waals surface area contributed by atoms with E-state index in [9.17, 15) is 4.79 Å². The van der Waals surface area contributed by atoms with Crippen LogP contribution in [0.25, 0.3) is 0 Å². The molecule has 1 aliphatic heterocycles. The summed E-state index contributed by atoms with van der Waals surface area (Å²) in [6.45, 7) is 3.98. The van der Waals surface area contributed by atoms with E-state index in [2.05, 4.69) is 10.1 Å². The van der Waals surface area contributed by atoms with E-state index in [1.165, 1.54) is 0 Å². The summed E-state index contributed by atoms with van der Waals surface area (Å²) in [5, 5.41) is 3.70. The van der Waals surface area contributed by atoms with E-state index in [4.69, 9.17) is 4.52 Å². The fourth-order valence-corrected chi connectivity index (χ4v) is 2.42. The molecule has 0 N–H and O–H groups in total. The van der Waals surface area contributed by atoms with Gasteiger partial charge >= 0.3 is 0 Å². The van der Waals surface area contributed by atoms with Crippen LogP contribution in [0.15, 0.2) is 47.1 Å². The first-order valence-corrected chi connectivity index (χ1v) is 6.79. The zero-order chi connectivity index (χ0) is 13.8. The van der Waals surface area contributed by atoms with E-state index in [1.54, 1.807) is 6.20 Å². The number of amides is 1. The van der Waals surface area contributed by atoms with Gasteiger partial charge < -0.3 is 9.42 Å². The highest BCUT2D eigenvalue weighted by molar-refractivity contribution is 5.94. The molecular formula is C15H17N3O2. The molecule has 1 saturated heterocycles. The maximum atomic E-state index is 12.3. The van der Waals surface area contributed by atoms with Crippen LogP contribution in [0.4, 0.5) is 0 Å². The second-order valence-corrected chi connectivity index (χ2v) is 4.91. The summed E-state index contributed by atoms with van der Waals surface area (Å²) in [6, 6.07) is 11.3. The molecule has 5 nitrogen and oxygen atoms in total. The summed E-state index contributed by atoms with van der Waals surface area (Å²) in [4.78, 5) is 16.5. The molecule has 5 heteroatoms. The third-order valence-corrected chi connectivity index (χ3v) is 3.55. The van der Waals surface area contributed by atoms with Gasteiger partial charge in [-0.25, -0.2) is 0 Å². The Labute approximate surface area is 117 Å². The van der Waals surface area contributed by atoms with Crippen LogP contribution in [0.5, 0.6) is 0 Å². The lowest BCUT2D eigenvalue weighted by Crippen LogP contribution is -2.48. The Morgan fingerprint density at radius 2 is 1.85 bits per heavy atom. The molecule has 0 aliphatic carbocycles. The molecule has 1 aromatic heterocycles. The maximum Gasteiger partial charge on any atom is 0.253 e. The molecular weight excluding hydrogens is 254 g/mol. The Morgan fingerprint density at radius 3 is 2.50 bits per heavy atom. The summed E-state index contributed by atoms with van der Waals surface area (Å²) < 4.78 is 5.11. The number of carbonyl (C=O) groups is 1. The van der Waals surface area contributed by atoms with Crippen LogP contribution in [-0.2, 0) is 6.54 Å². The lowest BCUT2D eigenvalue weighted by atomic mass is 10.2. The normalized spacial score (nSPS) is 16.3. The molecule has 0 spiro atoms. The lowest BCUT2D eigenvalue weighted by Gasteiger charge is -2.34. The van der Waals surface area contributed by atoms with E-state index in [0.717, 1.165) is 44.0 Å². The second-order valence-electron chi connectivity index (χ2n) is 4.91. The first kappa shape index (κ1) is 12.9. The molecule has 1 fully saturated rings. The van der Waals surface area contributed by atoms with Gasteiger partial charge in [0.2, 0.25) is 0 Å². The van der Waals surface area contributed by atoms with Gasteiger partial charge in [0.1, 0.15) is 0 Å². The molecule has 2 heterocycles. The van der Waals surface area contributed by atoms with Crippen molar-refractivity contribution in [2.24, 2.45) is 0 Å². The van der Waals surface area contributed by atoms with Gasteiger partial charge in [0.05, 0.1) is 12.7 Å². The highest BCUT2D eigenvalue weighted by atomic mass is 16.5. The Balaban J connectivity index is 1.55. The summed E-state index contributed by atoms with van der Waals surface area (Å²) in [5.41, 5.74) is 0.760. The summed E-state index contributed by atoms with van der Waals surface area (Å²) in [5.74, 6) is 0.984. The smallest absolute Gasteiger partial charge is 0.253 e. The molecule has 1 aliphatic rings. The van der Waals surface area contributed by atoms with E-state index in [0.29, 0.717) is 0 Å². The average molecular weight is 271 g/mol. The third kappa shape index (κ3) is 2.88. The molecule has 1 aromatic carbocycles. The van der Waals surface area contributed by atoms with Gasteiger partial charge in [-0.3, -0.25) is 9.69 Å². The van der Waals surface area contributed by atoms with E-state index in [1.807, 2.05) is 41.3 Å². The first-order chi connectivity index (χ1) is 9.83. The van der Waals surface area contributed by atoms with Crippen LogP contribution >= 0.6 is 0 Å². The zero-order valence-electron chi connectivity index (χ0n) is 11.2. The largest absolute Gasteiger partial charge is 0.360 e. The number of piperazine rings is 1. The van der Waals surface area contributed by atoms with Crippen LogP contribution in [0.1, 0.15) is 16.1 Å². The number of hydrogen-bond donors (Lipinski definition) is 0. The molecule has 0 bridgehead atoms. The van der Waals surface area contributed by atoms with Crippen LogP contribution in [0, 0.1) is 0 Å². The summed E-state index contributed by atoms with van der Waals surface area (Å²) in [6.07, 6.45) is 1.66. The number of rotatable bonds is 3. The van der Waals surface area contributed by atoms with Gasteiger partial charge in [-0.05, 0) is 12.1 Å². The van der Waals surface area contributed by atoms with Crippen LogP contribution in [-0.4, -0.2) is 47.0 Å². The Hall–Kier alpha value is -2.14. The van der Waals surface area contributed by atoms with Gasteiger partial charge in [0.15, 0.2) is 5.76 Å². The van der Waals surface area contributed by atoms with Gasteiger partial charge in [-0.2, -0.15) is 0 Å². The van der Waals surface area contributed by atoms with Crippen molar-refractivity contribution in [1.29, 1.82) is 0 Å². The average Bonchev–Trinajstić information content (AvgIpc) is 3.01. The van der Waals surface area contributed by atoms with E-state index >= 15 is 0 Å². The second kappa shape index (κ2) is 5.88. The molecule has 1 amide bonds. The number of benzene rings is 1. The Kier molecular flexibility index (Phi) is 3.78. The van der Waals surface area contributed by atoms with Gasteiger partial charge in [0, 0.05) is 37.8 Å². The molecule has 3 rings (SSSR count). The number of hydrogen-bond acceptors (Lipinski definition) is 4. The van der Waals surface area contributed by atoms with Gasteiger partial charge in [0.25, 0.3) is 5.91 Å². The van der Waals surface area contributed by atoms with Crippen molar-refractivity contribution in [2.75, 3.05) is 26.2 Å². The predicted molar refractivity (Wildman–Crippen MR) is 74.1 cm³/mol. The van der Waals surface area contributed by atoms with E-state index < -0.39 is 0 Å². The zero-order valence-corrected chi connectivity index (χ0v) is 11.2. The van der Waals surface area contributed by atoms with Crippen LogP contribution in [0.2, 0.25) is 0 Å². The highest BCUT2D eigenvalue weighted by Crippen LogP contribution is 2.11.